The second kappa shape index (κ2) is 4.55. The Morgan fingerprint density at radius 3 is 2.94 bits per heavy atom. The summed E-state index contributed by atoms with van der Waals surface area (Å²) in [4.78, 5) is 18.4. The number of benzene rings is 1. The van der Waals surface area contributed by atoms with Crippen molar-refractivity contribution in [3.8, 4) is 0 Å². The van der Waals surface area contributed by atoms with E-state index in [2.05, 4.69) is 10.3 Å². The second-order valence-electron chi connectivity index (χ2n) is 4.28. The van der Waals surface area contributed by atoms with Gasteiger partial charge in [-0.3, -0.25) is 4.79 Å². The third-order valence-electron chi connectivity index (χ3n) is 3.06. The monoisotopic (exact) mass is 262 g/mol. The molecule has 0 radical (unpaired) electrons. The summed E-state index contributed by atoms with van der Waals surface area (Å²) in [7, 11) is 0. The molecule has 94 valence electrons. The van der Waals surface area contributed by atoms with Crippen molar-refractivity contribution >= 4 is 32.6 Å². The normalized spacial score (nSPS) is 16.1. The molecule has 1 aliphatic rings. The maximum absolute atomic E-state index is 12.3. The Hall–Kier alpha value is -1.66. The van der Waals surface area contributed by atoms with Gasteiger partial charge < -0.3 is 16.0 Å². The minimum absolute atomic E-state index is 0.0883. The Balaban J connectivity index is 1.90. The zero-order valence-corrected chi connectivity index (χ0v) is 10.7. The average Bonchev–Trinajstić information content (AvgIpc) is 2.78. The van der Waals surface area contributed by atoms with Gasteiger partial charge in [0.25, 0.3) is 5.91 Å². The van der Waals surface area contributed by atoms with E-state index in [4.69, 9.17) is 5.73 Å². The summed E-state index contributed by atoms with van der Waals surface area (Å²) in [5.41, 5.74) is 7.24. The van der Waals surface area contributed by atoms with Gasteiger partial charge in [0.2, 0.25) is 0 Å². The number of carbonyl (C=O) groups is 1. The van der Waals surface area contributed by atoms with E-state index in [1.54, 1.807) is 0 Å². The first kappa shape index (κ1) is 11.4. The van der Waals surface area contributed by atoms with Gasteiger partial charge in [-0.1, -0.05) is 11.3 Å². The molecule has 0 saturated carbocycles. The van der Waals surface area contributed by atoms with Crippen molar-refractivity contribution in [1.82, 2.24) is 15.2 Å². The Morgan fingerprint density at radius 1 is 1.39 bits per heavy atom. The molecule has 1 aliphatic heterocycles. The van der Waals surface area contributed by atoms with Gasteiger partial charge in [-0.15, -0.1) is 0 Å². The van der Waals surface area contributed by atoms with Crippen LogP contribution in [0.1, 0.15) is 10.4 Å². The highest BCUT2D eigenvalue weighted by Crippen LogP contribution is 2.25. The Kier molecular flexibility index (Phi) is 2.89. The molecule has 3 N–H and O–H groups in total. The SMILES string of the molecule is Nc1nc2ccc(C(=O)N3CCNCC3)cc2s1. The molecular weight excluding hydrogens is 248 g/mol. The van der Waals surface area contributed by atoms with Gasteiger partial charge in [0, 0.05) is 31.7 Å². The van der Waals surface area contributed by atoms with E-state index >= 15 is 0 Å². The van der Waals surface area contributed by atoms with Gasteiger partial charge in [-0.25, -0.2) is 4.98 Å². The van der Waals surface area contributed by atoms with Gasteiger partial charge in [-0.05, 0) is 18.2 Å². The smallest absolute Gasteiger partial charge is 0.253 e. The molecule has 6 heteroatoms. The minimum Gasteiger partial charge on any atom is -0.375 e. The van der Waals surface area contributed by atoms with Gasteiger partial charge >= 0.3 is 0 Å². The van der Waals surface area contributed by atoms with E-state index in [9.17, 15) is 4.79 Å². The fraction of sp³-hybridized carbons (Fsp3) is 0.333. The molecule has 1 amide bonds. The van der Waals surface area contributed by atoms with Crippen molar-refractivity contribution in [3.63, 3.8) is 0 Å². The lowest BCUT2D eigenvalue weighted by molar-refractivity contribution is 0.0736. The van der Waals surface area contributed by atoms with Crippen molar-refractivity contribution < 1.29 is 4.79 Å². The van der Waals surface area contributed by atoms with Gasteiger partial charge in [0.1, 0.15) is 0 Å². The van der Waals surface area contributed by atoms with Crippen LogP contribution >= 0.6 is 11.3 Å². The zero-order chi connectivity index (χ0) is 12.5. The maximum atomic E-state index is 12.3. The third-order valence-corrected chi connectivity index (χ3v) is 3.90. The summed E-state index contributed by atoms with van der Waals surface area (Å²) in [6, 6.07) is 5.57. The molecule has 1 fully saturated rings. The predicted molar refractivity (Wildman–Crippen MR) is 72.8 cm³/mol. The first-order valence-electron chi connectivity index (χ1n) is 5.90. The van der Waals surface area contributed by atoms with E-state index in [1.165, 1.54) is 11.3 Å². The van der Waals surface area contributed by atoms with Crippen LogP contribution in [-0.4, -0.2) is 42.0 Å². The number of thiazole rings is 1. The van der Waals surface area contributed by atoms with Crippen LogP contribution in [0.5, 0.6) is 0 Å². The summed E-state index contributed by atoms with van der Waals surface area (Å²) < 4.78 is 0.966. The number of fused-ring (bicyclic) bond motifs is 1. The molecular formula is C12H14N4OS. The van der Waals surface area contributed by atoms with Crippen molar-refractivity contribution in [2.24, 2.45) is 0 Å². The van der Waals surface area contributed by atoms with E-state index < -0.39 is 0 Å². The number of nitrogens with one attached hydrogen (secondary N) is 1. The van der Waals surface area contributed by atoms with Gasteiger partial charge in [0.15, 0.2) is 5.13 Å². The average molecular weight is 262 g/mol. The number of carbonyl (C=O) groups excluding carboxylic acids is 1. The van der Waals surface area contributed by atoms with Crippen molar-refractivity contribution in [3.05, 3.63) is 23.8 Å². The van der Waals surface area contributed by atoms with E-state index in [-0.39, 0.29) is 5.91 Å². The summed E-state index contributed by atoms with van der Waals surface area (Å²) >= 11 is 1.41. The van der Waals surface area contributed by atoms with Crippen LogP contribution in [-0.2, 0) is 0 Å². The fourth-order valence-electron chi connectivity index (χ4n) is 2.13. The highest BCUT2D eigenvalue weighted by atomic mass is 32.1. The van der Waals surface area contributed by atoms with Crippen molar-refractivity contribution in [2.75, 3.05) is 31.9 Å². The zero-order valence-electron chi connectivity index (χ0n) is 9.85. The number of nitrogens with zero attached hydrogens (tertiary/aromatic N) is 2. The van der Waals surface area contributed by atoms with E-state index in [0.29, 0.717) is 10.7 Å². The topological polar surface area (TPSA) is 71.2 Å². The molecule has 1 aromatic carbocycles. The van der Waals surface area contributed by atoms with Gasteiger partial charge in [-0.2, -0.15) is 0 Å². The number of piperazine rings is 1. The first-order chi connectivity index (χ1) is 8.74. The Bertz CT molecular complexity index is 589. The number of aromatic nitrogens is 1. The molecule has 2 heterocycles. The lowest BCUT2D eigenvalue weighted by Gasteiger charge is -2.27. The number of nitrogens with two attached hydrogens (primary N) is 1. The summed E-state index contributed by atoms with van der Waals surface area (Å²) in [6.07, 6.45) is 0. The largest absolute Gasteiger partial charge is 0.375 e. The highest BCUT2D eigenvalue weighted by molar-refractivity contribution is 7.22. The van der Waals surface area contributed by atoms with Crippen LogP contribution in [0.25, 0.3) is 10.2 Å². The number of nitrogen functional groups attached to an aromatic ring is 1. The number of rotatable bonds is 1. The highest BCUT2D eigenvalue weighted by Gasteiger charge is 2.18. The molecule has 0 bridgehead atoms. The number of anilines is 1. The number of hydrogen-bond acceptors (Lipinski definition) is 5. The summed E-state index contributed by atoms with van der Waals surface area (Å²) in [6.45, 7) is 3.26. The Morgan fingerprint density at radius 2 is 2.17 bits per heavy atom. The summed E-state index contributed by atoms with van der Waals surface area (Å²) in [5.74, 6) is 0.0883. The van der Waals surface area contributed by atoms with E-state index in [1.807, 2.05) is 23.1 Å². The van der Waals surface area contributed by atoms with Crippen molar-refractivity contribution in [2.45, 2.75) is 0 Å². The molecule has 3 rings (SSSR count). The third kappa shape index (κ3) is 2.04. The Labute approximate surface area is 109 Å². The van der Waals surface area contributed by atoms with Crippen LogP contribution < -0.4 is 11.1 Å². The van der Waals surface area contributed by atoms with E-state index in [0.717, 1.165) is 36.4 Å². The molecule has 1 saturated heterocycles. The first-order valence-corrected chi connectivity index (χ1v) is 6.72. The summed E-state index contributed by atoms with van der Waals surface area (Å²) in [5, 5.41) is 3.77. The number of hydrogen-bond donors (Lipinski definition) is 2. The molecule has 0 spiro atoms. The van der Waals surface area contributed by atoms with Gasteiger partial charge in [0.05, 0.1) is 10.2 Å². The number of amides is 1. The molecule has 0 unspecified atom stereocenters. The lowest BCUT2D eigenvalue weighted by atomic mass is 10.2. The molecule has 1 aromatic heterocycles. The fourth-order valence-corrected chi connectivity index (χ4v) is 2.90. The predicted octanol–water partition coefficient (Wildman–Crippen LogP) is 0.924. The van der Waals surface area contributed by atoms with Crippen LogP contribution in [0, 0.1) is 0 Å². The molecule has 5 nitrogen and oxygen atoms in total. The molecule has 0 aliphatic carbocycles. The maximum Gasteiger partial charge on any atom is 0.253 e. The van der Waals surface area contributed by atoms with Crippen LogP contribution in [0.3, 0.4) is 0 Å². The van der Waals surface area contributed by atoms with Crippen LogP contribution in [0.2, 0.25) is 0 Å². The standard InChI is InChI=1S/C12H14N4OS/c13-12-15-9-2-1-8(7-10(9)18-12)11(17)16-5-3-14-4-6-16/h1-2,7,14H,3-6H2,(H2,13,15). The minimum atomic E-state index is 0.0883. The van der Waals surface area contributed by atoms with Crippen molar-refractivity contribution in [1.29, 1.82) is 0 Å². The lowest BCUT2D eigenvalue weighted by Crippen LogP contribution is -2.46. The molecule has 2 aromatic rings. The van der Waals surface area contributed by atoms with Crippen LogP contribution in [0.15, 0.2) is 18.2 Å². The second-order valence-corrected chi connectivity index (χ2v) is 5.34. The molecule has 18 heavy (non-hydrogen) atoms. The quantitative estimate of drug-likeness (QED) is 0.802. The van der Waals surface area contributed by atoms with Crippen LogP contribution in [0.4, 0.5) is 5.13 Å². The molecule has 0 atom stereocenters.